The average molecular weight is 244 g/mol. The van der Waals surface area contributed by atoms with E-state index < -0.39 is 0 Å². The van der Waals surface area contributed by atoms with E-state index in [0.717, 1.165) is 11.8 Å². The fraction of sp³-hybridized carbons (Fsp3) is 0.667. The third kappa shape index (κ3) is 3.60. The summed E-state index contributed by atoms with van der Waals surface area (Å²) in [6, 6.07) is 7.26. The van der Waals surface area contributed by atoms with Gasteiger partial charge in [0.15, 0.2) is 0 Å². The third-order valence-corrected chi connectivity index (χ3v) is 4.59. The Kier molecular flexibility index (Phi) is 4.86. The zero-order chi connectivity index (χ0) is 13.0. The zero-order valence-corrected chi connectivity index (χ0v) is 12.3. The van der Waals surface area contributed by atoms with E-state index in [-0.39, 0.29) is 0 Å². The van der Waals surface area contributed by atoms with Crippen LogP contribution in [-0.2, 0) is 19.3 Å². The number of aryl methyl sites for hydroxylation is 2. The summed E-state index contributed by atoms with van der Waals surface area (Å²) < 4.78 is 0. The summed E-state index contributed by atoms with van der Waals surface area (Å²) in [5, 5.41) is 0. The molecule has 0 unspecified atom stereocenters. The van der Waals surface area contributed by atoms with Crippen molar-refractivity contribution < 1.29 is 0 Å². The van der Waals surface area contributed by atoms with Crippen LogP contribution in [0, 0.1) is 11.8 Å². The molecule has 0 saturated heterocycles. The minimum absolute atomic E-state index is 0.943. The predicted molar refractivity (Wildman–Crippen MR) is 80.0 cm³/mol. The van der Waals surface area contributed by atoms with Crippen LogP contribution in [0.4, 0.5) is 0 Å². The van der Waals surface area contributed by atoms with E-state index in [9.17, 15) is 0 Å². The fourth-order valence-corrected chi connectivity index (χ4v) is 3.23. The Balaban J connectivity index is 2.03. The van der Waals surface area contributed by atoms with Gasteiger partial charge in [0.25, 0.3) is 0 Å². The quantitative estimate of drug-likeness (QED) is 0.684. The Bertz CT molecular complexity index is 347. The van der Waals surface area contributed by atoms with E-state index in [0.29, 0.717) is 0 Å². The van der Waals surface area contributed by atoms with Crippen molar-refractivity contribution in [2.75, 3.05) is 0 Å². The standard InChI is InChI=1S/C18H28/c1-4-15-10-16(5-2)12-18(11-15)13-17-8-6-14(3)7-9-17/h10-12,14,17H,4-9,13H2,1-3H3. The van der Waals surface area contributed by atoms with Gasteiger partial charge in [-0.1, -0.05) is 51.8 Å². The summed E-state index contributed by atoms with van der Waals surface area (Å²) in [6.45, 7) is 6.94. The Morgan fingerprint density at radius 2 is 1.33 bits per heavy atom. The Hall–Kier alpha value is -0.780. The second-order valence-electron chi connectivity index (χ2n) is 6.19. The maximum absolute atomic E-state index is 2.44. The first-order chi connectivity index (χ1) is 8.71. The van der Waals surface area contributed by atoms with Crippen LogP contribution in [0.3, 0.4) is 0 Å². The van der Waals surface area contributed by atoms with Crippen LogP contribution in [0.1, 0.15) is 63.1 Å². The zero-order valence-electron chi connectivity index (χ0n) is 12.3. The van der Waals surface area contributed by atoms with Crippen molar-refractivity contribution in [3.63, 3.8) is 0 Å². The molecular weight excluding hydrogens is 216 g/mol. The van der Waals surface area contributed by atoms with Gasteiger partial charge in [-0.25, -0.2) is 0 Å². The molecule has 0 bridgehead atoms. The molecule has 0 aliphatic heterocycles. The first-order valence-electron chi connectivity index (χ1n) is 7.83. The van der Waals surface area contributed by atoms with Crippen LogP contribution in [-0.4, -0.2) is 0 Å². The lowest BCUT2D eigenvalue weighted by Crippen LogP contribution is -2.14. The molecular formula is C18H28. The molecule has 1 aliphatic rings. The van der Waals surface area contributed by atoms with E-state index in [1.807, 2.05) is 0 Å². The van der Waals surface area contributed by atoms with Crippen LogP contribution < -0.4 is 0 Å². The van der Waals surface area contributed by atoms with Gasteiger partial charge in [-0.15, -0.1) is 0 Å². The highest BCUT2D eigenvalue weighted by molar-refractivity contribution is 5.30. The number of benzene rings is 1. The van der Waals surface area contributed by atoms with E-state index in [4.69, 9.17) is 0 Å². The second kappa shape index (κ2) is 6.41. The van der Waals surface area contributed by atoms with Crippen LogP contribution in [0.25, 0.3) is 0 Å². The molecule has 100 valence electrons. The van der Waals surface area contributed by atoms with Gasteiger partial charge >= 0.3 is 0 Å². The summed E-state index contributed by atoms with van der Waals surface area (Å²) in [7, 11) is 0. The van der Waals surface area contributed by atoms with Gasteiger partial charge in [-0.05, 0) is 60.6 Å². The Morgan fingerprint density at radius 1 is 0.833 bits per heavy atom. The van der Waals surface area contributed by atoms with Gasteiger partial charge in [0.2, 0.25) is 0 Å². The van der Waals surface area contributed by atoms with Gasteiger partial charge in [-0.3, -0.25) is 0 Å². The van der Waals surface area contributed by atoms with Gasteiger partial charge in [0.1, 0.15) is 0 Å². The van der Waals surface area contributed by atoms with E-state index >= 15 is 0 Å². The highest BCUT2D eigenvalue weighted by Crippen LogP contribution is 2.31. The molecule has 2 rings (SSSR count). The smallest absolute Gasteiger partial charge is 0.0250 e. The molecule has 1 fully saturated rings. The molecule has 18 heavy (non-hydrogen) atoms. The number of rotatable bonds is 4. The highest BCUT2D eigenvalue weighted by atomic mass is 14.2. The Morgan fingerprint density at radius 3 is 1.83 bits per heavy atom. The monoisotopic (exact) mass is 244 g/mol. The lowest BCUT2D eigenvalue weighted by molar-refractivity contribution is 0.289. The third-order valence-electron chi connectivity index (χ3n) is 4.59. The first-order valence-corrected chi connectivity index (χ1v) is 7.83. The molecule has 0 amide bonds. The summed E-state index contributed by atoms with van der Waals surface area (Å²) in [6.07, 6.45) is 9.42. The maximum Gasteiger partial charge on any atom is -0.0250 e. The van der Waals surface area contributed by atoms with Crippen molar-refractivity contribution in [1.29, 1.82) is 0 Å². The minimum Gasteiger partial charge on any atom is -0.0625 e. The lowest BCUT2D eigenvalue weighted by Gasteiger charge is -2.26. The van der Waals surface area contributed by atoms with Crippen LogP contribution in [0.5, 0.6) is 0 Å². The summed E-state index contributed by atoms with van der Waals surface area (Å²) in [5.41, 5.74) is 4.63. The molecule has 0 heteroatoms. The van der Waals surface area contributed by atoms with Gasteiger partial charge < -0.3 is 0 Å². The maximum atomic E-state index is 2.44. The molecule has 0 aromatic heterocycles. The predicted octanol–water partition coefficient (Wildman–Crippen LogP) is 5.18. The number of hydrogen-bond acceptors (Lipinski definition) is 0. The molecule has 0 atom stereocenters. The lowest BCUT2D eigenvalue weighted by atomic mass is 9.80. The molecule has 1 saturated carbocycles. The van der Waals surface area contributed by atoms with Crippen LogP contribution in [0.2, 0.25) is 0 Å². The molecule has 1 aliphatic carbocycles. The van der Waals surface area contributed by atoms with Crippen LogP contribution in [0.15, 0.2) is 18.2 Å². The van der Waals surface area contributed by atoms with E-state index in [1.165, 1.54) is 56.1 Å². The molecule has 0 heterocycles. The van der Waals surface area contributed by atoms with Crippen molar-refractivity contribution in [3.05, 3.63) is 34.9 Å². The van der Waals surface area contributed by atoms with Crippen molar-refractivity contribution in [2.24, 2.45) is 11.8 Å². The highest BCUT2D eigenvalue weighted by Gasteiger charge is 2.18. The summed E-state index contributed by atoms with van der Waals surface area (Å²) in [5.74, 6) is 1.91. The molecule has 1 aromatic rings. The van der Waals surface area contributed by atoms with Crippen LogP contribution >= 0.6 is 0 Å². The fourth-order valence-electron chi connectivity index (χ4n) is 3.23. The van der Waals surface area contributed by atoms with Gasteiger partial charge in [0, 0.05) is 0 Å². The average Bonchev–Trinajstić information content (AvgIpc) is 2.41. The number of hydrogen-bond donors (Lipinski definition) is 0. The largest absolute Gasteiger partial charge is 0.0625 e. The molecule has 1 aromatic carbocycles. The van der Waals surface area contributed by atoms with Gasteiger partial charge in [0.05, 0.1) is 0 Å². The first kappa shape index (κ1) is 13.6. The van der Waals surface area contributed by atoms with Crippen molar-refractivity contribution in [2.45, 2.75) is 65.7 Å². The summed E-state index contributed by atoms with van der Waals surface area (Å²) in [4.78, 5) is 0. The molecule has 0 nitrogen and oxygen atoms in total. The van der Waals surface area contributed by atoms with Gasteiger partial charge in [-0.2, -0.15) is 0 Å². The van der Waals surface area contributed by atoms with Crippen molar-refractivity contribution >= 4 is 0 Å². The van der Waals surface area contributed by atoms with Crippen molar-refractivity contribution in [3.8, 4) is 0 Å². The normalized spacial score (nSPS) is 24.2. The van der Waals surface area contributed by atoms with E-state index in [1.54, 1.807) is 5.56 Å². The summed E-state index contributed by atoms with van der Waals surface area (Å²) >= 11 is 0. The Labute approximate surface area is 113 Å². The van der Waals surface area contributed by atoms with Crippen molar-refractivity contribution in [1.82, 2.24) is 0 Å². The topological polar surface area (TPSA) is 0 Å². The molecule has 0 radical (unpaired) electrons. The second-order valence-corrected chi connectivity index (χ2v) is 6.19. The molecule has 0 spiro atoms. The SMILES string of the molecule is CCc1cc(CC)cc(CC2CCC(C)CC2)c1. The molecule has 0 N–H and O–H groups in total. The van der Waals surface area contributed by atoms with E-state index in [2.05, 4.69) is 39.0 Å². The minimum atomic E-state index is 0.943.